The molecule has 1 unspecified atom stereocenters. The molecule has 2 aliphatic rings. The van der Waals surface area contributed by atoms with E-state index in [0.717, 1.165) is 0 Å². The van der Waals surface area contributed by atoms with Crippen molar-refractivity contribution in [2.24, 2.45) is 11.1 Å². The number of aromatic nitrogens is 3. The van der Waals surface area contributed by atoms with Crippen LogP contribution in [0.4, 0.5) is 10.8 Å². The van der Waals surface area contributed by atoms with Crippen LogP contribution in [-0.4, -0.2) is 45.7 Å². The van der Waals surface area contributed by atoms with E-state index < -0.39 is 11.9 Å². The molecule has 5 rings (SSSR count). The van der Waals surface area contributed by atoms with E-state index in [-0.39, 0.29) is 39.4 Å². The summed E-state index contributed by atoms with van der Waals surface area (Å²) in [6.45, 7) is 4.00. The summed E-state index contributed by atoms with van der Waals surface area (Å²) in [5.74, 6) is -1.41. The molecule has 3 aromatic rings. The Bertz CT molecular complexity index is 1730. The first kappa shape index (κ1) is 30.2. The third kappa shape index (κ3) is 6.13. The second kappa shape index (κ2) is 12.2. The van der Waals surface area contributed by atoms with Crippen LogP contribution in [0.5, 0.6) is 0 Å². The van der Waals surface area contributed by atoms with Crippen molar-refractivity contribution in [2.75, 3.05) is 23.1 Å². The Balaban J connectivity index is 1.47. The highest BCUT2D eigenvalue weighted by Gasteiger charge is 2.45. The van der Waals surface area contributed by atoms with Gasteiger partial charge in [0.1, 0.15) is 5.82 Å². The maximum atomic E-state index is 13.7. The van der Waals surface area contributed by atoms with Gasteiger partial charge in [-0.1, -0.05) is 60.7 Å². The van der Waals surface area contributed by atoms with E-state index in [9.17, 15) is 19.6 Å². The summed E-state index contributed by atoms with van der Waals surface area (Å²) >= 11 is 8.40. The van der Waals surface area contributed by atoms with Crippen molar-refractivity contribution in [3.63, 3.8) is 0 Å². The number of nitrogens with two attached hydrogens (primary N) is 1. The number of amides is 1. The van der Waals surface area contributed by atoms with Crippen LogP contribution in [0.3, 0.4) is 0 Å². The number of esters is 1. The fraction of sp³-hybridized carbons (Fsp3) is 0.276. The lowest BCUT2D eigenvalue weighted by Crippen LogP contribution is -2.42. The zero-order valence-electron chi connectivity index (χ0n) is 23.4. The highest BCUT2D eigenvalue weighted by atomic mass is 35.5. The van der Waals surface area contributed by atoms with Crippen molar-refractivity contribution in [3.8, 4) is 6.07 Å². The van der Waals surface area contributed by atoms with Gasteiger partial charge in [-0.25, -0.2) is 9.78 Å². The fourth-order valence-electron chi connectivity index (χ4n) is 5.13. The molecule has 1 amide bonds. The number of carbonyl (C=O) groups is 3. The van der Waals surface area contributed by atoms with E-state index in [1.54, 1.807) is 41.3 Å². The van der Waals surface area contributed by atoms with Gasteiger partial charge in [0.2, 0.25) is 11.0 Å². The van der Waals surface area contributed by atoms with Crippen LogP contribution in [0.1, 0.15) is 48.5 Å². The minimum atomic E-state index is -0.712. The number of nitrogens with zero attached hydrogens (tertiary/aromatic N) is 5. The summed E-state index contributed by atoms with van der Waals surface area (Å²) in [5.41, 5.74) is 9.02. The van der Waals surface area contributed by atoms with Crippen molar-refractivity contribution in [1.82, 2.24) is 15.2 Å². The number of anilines is 2. The molecule has 1 aromatic carbocycles. The number of Topliss-reactive ketones (excluding diaryl/α,β-unsaturated/α-hetero) is 1. The molecule has 220 valence electrons. The van der Waals surface area contributed by atoms with E-state index in [1.165, 1.54) is 36.4 Å². The number of allylic oxidation sites excluding steroid dienone is 3. The van der Waals surface area contributed by atoms with Gasteiger partial charge in [-0.05, 0) is 41.7 Å². The van der Waals surface area contributed by atoms with Gasteiger partial charge >= 0.3 is 5.97 Å². The van der Waals surface area contributed by atoms with Crippen LogP contribution in [0.2, 0.25) is 5.15 Å². The van der Waals surface area contributed by atoms with Crippen LogP contribution in [0.25, 0.3) is 0 Å². The smallest absolute Gasteiger partial charge is 0.337 e. The topological polar surface area (TPSA) is 164 Å². The molecule has 0 spiro atoms. The normalized spacial score (nSPS) is 17.8. The Hall–Kier alpha value is -4.25. The second-order valence-electron chi connectivity index (χ2n) is 10.6. The van der Waals surface area contributed by atoms with Gasteiger partial charge in [0.15, 0.2) is 15.3 Å². The Morgan fingerprint density at radius 1 is 1.26 bits per heavy atom. The molecule has 1 atom stereocenters. The SMILES string of the molecule is COC(=O)c1ccc(C2C(C#N)=C(N)N(c3nnc(SCC(=O)Nc4cccnc4Cl)s3)C3=C2C(=O)CC(C)(C)C3)cc1. The first-order valence-electron chi connectivity index (χ1n) is 13.0. The van der Waals surface area contributed by atoms with Gasteiger partial charge in [-0.2, -0.15) is 5.26 Å². The molecule has 43 heavy (non-hydrogen) atoms. The maximum Gasteiger partial charge on any atom is 0.337 e. The first-order chi connectivity index (χ1) is 20.5. The number of hydrogen-bond donors (Lipinski definition) is 2. The molecule has 1 aliphatic carbocycles. The molecule has 11 nitrogen and oxygen atoms in total. The largest absolute Gasteiger partial charge is 0.465 e. The Labute approximate surface area is 260 Å². The Kier molecular flexibility index (Phi) is 8.55. The molecule has 1 aliphatic heterocycles. The minimum absolute atomic E-state index is 0.0394. The molecule has 3 N–H and O–H groups in total. The Morgan fingerprint density at radius 2 is 2.00 bits per heavy atom. The summed E-state index contributed by atoms with van der Waals surface area (Å²) < 4.78 is 5.30. The number of ether oxygens (including phenoxy) is 1. The first-order valence-corrected chi connectivity index (χ1v) is 15.2. The lowest BCUT2D eigenvalue weighted by atomic mass is 9.68. The number of hydrogen-bond acceptors (Lipinski definition) is 12. The standard InChI is InChI=1S/C29H26ClN7O4S2/c1-29(2)11-19-23(20(38)12-29)22(15-6-8-16(9-7-15)26(40)41-3)17(13-31)25(32)37(19)27-35-36-28(43-27)42-14-21(39)34-18-5-4-10-33-24(18)30/h4-10,22H,11-12,14,32H2,1-3H3,(H,34,39). The minimum Gasteiger partial charge on any atom is -0.465 e. The van der Waals surface area contributed by atoms with Crippen molar-refractivity contribution in [2.45, 2.75) is 36.9 Å². The molecule has 0 radical (unpaired) electrons. The number of nitrogens with one attached hydrogen (secondary N) is 1. The summed E-state index contributed by atoms with van der Waals surface area (Å²) in [7, 11) is 1.30. The van der Waals surface area contributed by atoms with Crippen LogP contribution in [0.15, 0.2) is 69.6 Å². The molecule has 0 saturated carbocycles. The number of rotatable bonds is 7. The molecule has 0 saturated heterocycles. The average molecular weight is 636 g/mol. The predicted octanol–water partition coefficient (Wildman–Crippen LogP) is 5.04. The van der Waals surface area contributed by atoms with Gasteiger partial charge < -0.3 is 15.8 Å². The molecule has 0 fully saturated rings. The van der Waals surface area contributed by atoms with Crippen LogP contribution >= 0.6 is 34.7 Å². The van der Waals surface area contributed by atoms with E-state index >= 15 is 0 Å². The quantitative estimate of drug-likeness (QED) is 0.203. The van der Waals surface area contributed by atoms with Crippen molar-refractivity contribution in [1.29, 1.82) is 5.26 Å². The van der Waals surface area contributed by atoms with Crippen molar-refractivity contribution >= 4 is 63.2 Å². The number of benzene rings is 1. The van der Waals surface area contributed by atoms with E-state index in [2.05, 4.69) is 26.6 Å². The summed E-state index contributed by atoms with van der Waals surface area (Å²) in [6.07, 6.45) is 2.32. The molecule has 2 aromatic heterocycles. The number of nitriles is 1. The van der Waals surface area contributed by atoms with Crippen LogP contribution in [0, 0.1) is 16.7 Å². The lowest BCUT2D eigenvalue weighted by molar-refractivity contribution is -0.118. The number of ketones is 1. The van der Waals surface area contributed by atoms with Crippen LogP contribution < -0.4 is 16.0 Å². The maximum absolute atomic E-state index is 13.7. The monoisotopic (exact) mass is 635 g/mol. The van der Waals surface area contributed by atoms with Gasteiger partial charge in [0.25, 0.3) is 0 Å². The molecular weight excluding hydrogens is 610 g/mol. The number of thioether (sulfide) groups is 1. The average Bonchev–Trinajstić information content (AvgIpc) is 3.44. The molecular formula is C29H26ClN7O4S2. The summed E-state index contributed by atoms with van der Waals surface area (Å²) in [4.78, 5) is 43.8. The second-order valence-corrected chi connectivity index (χ2v) is 13.2. The zero-order valence-corrected chi connectivity index (χ0v) is 25.8. The molecule has 3 heterocycles. The summed E-state index contributed by atoms with van der Waals surface area (Å²) in [5, 5.41) is 22.1. The van der Waals surface area contributed by atoms with Gasteiger partial charge in [0.05, 0.1) is 41.7 Å². The number of carbonyl (C=O) groups excluding carboxylic acids is 3. The van der Waals surface area contributed by atoms with Crippen molar-refractivity contribution in [3.05, 3.63) is 81.5 Å². The summed E-state index contributed by atoms with van der Waals surface area (Å²) in [6, 6.07) is 12.1. The van der Waals surface area contributed by atoms with E-state index in [4.69, 9.17) is 22.1 Å². The highest BCUT2D eigenvalue weighted by Crippen LogP contribution is 2.50. The third-order valence-electron chi connectivity index (χ3n) is 6.99. The molecule has 14 heteroatoms. The highest BCUT2D eigenvalue weighted by molar-refractivity contribution is 8.01. The number of methoxy groups -OCH3 is 1. The lowest BCUT2D eigenvalue weighted by Gasteiger charge is -2.42. The third-order valence-corrected chi connectivity index (χ3v) is 9.34. The number of halogens is 1. The van der Waals surface area contributed by atoms with Gasteiger partial charge in [0, 0.05) is 23.9 Å². The van der Waals surface area contributed by atoms with Crippen LogP contribution in [-0.2, 0) is 14.3 Å². The zero-order chi connectivity index (χ0) is 30.9. The predicted molar refractivity (Wildman–Crippen MR) is 163 cm³/mol. The van der Waals surface area contributed by atoms with E-state index in [1.807, 2.05) is 13.8 Å². The van der Waals surface area contributed by atoms with Gasteiger partial charge in [-0.15, -0.1) is 10.2 Å². The number of pyridine rings is 1. The Morgan fingerprint density at radius 3 is 2.67 bits per heavy atom. The molecule has 0 bridgehead atoms. The van der Waals surface area contributed by atoms with Crippen molar-refractivity contribution < 1.29 is 19.1 Å². The van der Waals surface area contributed by atoms with Gasteiger partial charge in [-0.3, -0.25) is 14.5 Å². The van der Waals surface area contributed by atoms with E-state index in [0.29, 0.717) is 50.4 Å². The fourth-order valence-corrected chi connectivity index (χ4v) is 6.98.